The van der Waals surface area contributed by atoms with Gasteiger partial charge in [0.25, 0.3) is 0 Å². The molecule has 0 saturated carbocycles. The molecule has 4 aliphatic carbocycles. The predicted octanol–water partition coefficient (Wildman–Crippen LogP) is 10.5. The maximum atomic E-state index is 2.41. The van der Waals surface area contributed by atoms with Crippen LogP contribution in [0, 0.1) is 0 Å². The largest absolute Gasteiger partial charge is 0.0836 e. The Morgan fingerprint density at radius 2 is 1.30 bits per heavy atom. The molecule has 6 rings (SSSR count). The Bertz CT molecular complexity index is 1610. The van der Waals surface area contributed by atoms with Gasteiger partial charge in [-0.15, -0.1) is 0 Å². The second-order valence-electron chi connectivity index (χ2n) is 10.7. The van der Waals surface area contributed by atoms with Crippen molar-refractivity contribution in [2.24, 2.45) is 0 Å². The number of hydrogen-bond donors (Lipinski definition) is 0. The van der Waals surface area contributed by atoms with E-state index in [1.807, 2.05) is 0 Å². The maximum absolute atomic E-state index is 2.41. The summed E-state index contributed by atoms with van der Waals surface area (Å²) in [7, 11) is 0. The fourth-order valence-corrected chi connectivity index (χ4v) is 5.79. The Kier molecular flexibility index (Phi) is 8.15. The Hall–Kier alpha value is -4.42. The molecule has 196 valence electrons. The number of allylic oxidation sites excluding steroid dienone is 19. The van der Waals surface area contributed by atoms with Crippen LogP contribution < -0.4 is 0 Å². The lowest BCUT2D eigenvalue weighted by atomic mass is 9.87. The van der Waals surface area contributed by atoms with Crippen molar-refractivity contribution < 1.29 is 0 Å². The first-order chi connectivity index (χ1) is 19.8. The van der Waals surface area contributed by atoms with E-state index >= 15 is 0 Å². The van der Waals surface area contributed by atoms with Gasteiger partial charge in [-0.1, -0.05) is 146 Å². The summed E-state index contributed by atoms with van der Waals surface area (Å²) in [6.07, 6.45) is 46.4. The van der Waals surface area contributed by atoms with Crippen LogP contribution in [0.15, 0.2) is 144 Å². The van der Waals surface area contributed by atoms with Crippen molar-refractivity contribution in [2.75, 3.05) is 0 Å². The van der Waals surface area contributed by atoms with E-state index in [-0.39, 0.29) is 0 Å². The summed E-state index contributed by atoms with van der Waals surface area (Å²) in [5.74, 6) is 0. The van der Waals surface area contributed by atoms with E-state index in [4.69, 9.17) is 0 Å². The third-order valence-electron chi connectivity index (χ3n) is 8.01. The first-order valence-electron chi connectivity index (χ1n) is 14.5. The van der Waals surface area contributed by atoms with Crippen molar-refractivity contribution in [3.8, 4) is 0 Å². The highest BCUT2D eigenvalue weighted by Crippen LogP contribution is 2.31. The van der Waals surface area contributed by atoms with Crippen molar-refractivity contribution in [2.45, 2.75) is 38.5 Å². The predicted molar refractivity (Wildman–Crippen MR) is 175 cm³/mol. The van der Waals surface area contributed by atoms with E-state index < -0.39 is 0 Å². The molecular formula is C40H36. The van der Waals surface area contributed by atoms with Crippen LogP contribution >= 0.6 is 0 Å². The topological polar surface area (TPSA) is 0 Å². The Morgan fingerprint density at radius 1 is 0.525 bits per heavy atom. The molecular weight excluding hydrogens is 480 g/mol. The fraction of sp³-hybridized carbons (Fsp3) is 0.150. The molecule has 0 aliphatic heterocycles. The summed E-state index contributed by atoms with van der Waals surface area (Å²) >= 11 is 0. The summed E-state index contributed by atoms with van der Waals surface area (Å²) in [5, 5.41) is 0. The third kappa shape index (κ3) is 6.24. The van der Waals surface area contributed by atoms with Gasteiger partial charge >= 0.3 is 0 Å². The number of aryl methyl sites for hydroxylation is 1. The summed E-state index contributed by atoms with van der Waals surface area (Å²) in [6, 6.07) is 13.6. The molecule has 0 heterocycles. The minimum atomic E-state index is 0.898. The van der Waals surface area contributed by atoms with E-state index in [0.29, 0.717) is 0 Å². The molecule has 0 N–H and O–H groups in total. The zero-order chi connectivity index (χ0) is 27.0. The van der Waals surface area contributed by atoms with Crippen LogP contribution in [-0.2, 0) is 12.8 Å². The van der Waals surface area contributed by atoms with Gasteiger partial charge in [-0.05, 0) is 94.2 Å². The van der Waals surface area contributed by atoms with Gasteiger partial charge in [0.05, 0.1) is 0 Å². The van der Waals surface area contributed by atoms with Crippen molar-refractivity contribution >= 4 is 23.8 Å². The molecule has 0 atom stereocenters. The lowest BCUT2D eigenvalue weighted by Crippen LogP contribution is -2.01. The standard InChI is InChI=1S/C40H36/c1-3-7-17-33(38-27-26-34-19-11-12-21-36(34)29-38)18-8-4-2-6-16-32(15-5-1)37-20-10-9-14-31-24-25-35-22-13-23-39(30-37)40(35)28-31/h1-11,13-15,17,19,22-27,29-30H,12,16,18,20-21,28H2/b5-1-,6-2-,7-3-,8-4-,10-9-,31-14-,32-15-,33-17-,37-30+. The SMILES string of the molecule is C1=Cc2ccc(\C3=C/C=C\C=C/C=C(\C4=C\c5cccc6c5C/C(=C\C=C/C4)C=C6)C/C=C\C=C/C3)cc2CC1. The molecule has 0 unspecified atom stereocenters. The van der Waals surface area contributed by atoms with E-state index in [2.05, 4.69) is 146 Å². The zero-order valence-electron chi connectivity index (χ0n) is 23.1. The molecule has 2 aromatic carbocycles. The minimum Gasteiger partial charge on any atom is -0.0836 e. The lowest BCUT2D eigenvalue weighted by Gasteiger charge is -2.18. The van der Waals surface area contributed by atoms with Crippen molar-refractivity contribution in [3.63, 3.8) is 0 Å². The molecule has 2 aromatic rings. The van der Waals surface area contributed by atoms with Crippen LogP contribution in [0.4, 0.5) is 0 Å². The van der Waals surface area contributed by atoms with E-state index in [1.165, 1.54) is 55.7 Å². The van der Waals surface area contributed by atoms with Crippen LogP contribution in [0.5, 0.6) is 0 Å². The fourth-order valence-electron chi connectivity index (χ4n) is 5.79. The van der Waals surface area contributed by atoms with Crippen LogP contribution in [0.1, 0.15) is 59.1 Å². The molecule has 0 nitrogen and oxygen atoms in total. The quantitative estimate of drug-likeness (QED) is 0.372. The van der Waals surface area contributed by atoms with Crippen LogP contribution in [0.25, 0.3) is 23.8 Å². The Balaban J connectivity index is 1.29. The van der Waals surface area contributed by atoms with Crippen LogP contribution in [-0.4, -0.2) is 0 Å². The van der Waals surface area contributed by atoms with E-state index in [0.717, 1.165) is 38.5 Å². The molecule has 0 spiro atoms. The number of rotatable bonds is 2. The normalized spacial score (nSPS) is 27.5. The first-order valence-corrected chi connectivity index (χ1v) is 14.5. The zero-order valence-corrected chi connectivity index (χ0v) is 23.1. The van der Waals surface area contributed by atoms with Gasteiger partial charge in [0, 0.05) is 0 Å². The third-order valence-corrected chi connectivity index (χ3v) is 8.01. The van der Waals surface area contributed by atoms with Gasteiger partial charge < -0.3 is 0 Å². The molecule has 40 heavy (non-hydrogen) atoms. The van der Waals surface area contributed by atoms with Gasteiger partial charge in [0.15, 0.2) is 0 Å². The molecule has 0 amide bonds. The molecule has 0 fully saturated rings. The summed E-state index contributed by atoms with van der Waals surface area (Å²) < 4.78 is 0. The molecule has 4 aliphatic rings. The van der Waals surface area contributed by atoms with Gasteiger partial charge in [0.2, 0.25) is 0 Å². The van der Waals surface area contributed by atoms with Crippen molar-refractivity contribution in [3.05, 3.63) is 178 Å². The summed E-state index contributed by atoms with van der Waals surface area (Å²) in [4.78, 5) is 0. The summed E-state index contributed by atoms with van der Waals surface area (Å²) in [5.41, 5.74) is 13.7. The summed E-state index contributed by atoms with van der Waals surface area (Å²) in [6.45, 7) is 0. The number of hydrogen-bond acceptors (Lipinski definition) is 0. The van der Waals surface area contributed by atoms with Crippen LogP contribution in [0.2, 0.25) is 0 Å². The maximum Gasteiger partial charge on any atom is -0.00139 e. The Labute approximate surface area is 239 Å². The molecule has 2 bridgehead atoms. The number of fused-ring (bicyclic) bond motifs is 2. The van der Waals surface area contributed by atoms with E-state index in [9.17, 15) is 0 Å². The smallest absolute Gasteiger partial charge is 0.00139 e. The monoisotopic (exact) mass is 516 g/mol. The second kappa shape index (κ2) is 12.6. The highest BCUT2D eigenvalue weighted by molar-refractivity contribution is 5.73. The molecule has 0 saturated heterocycles. The first kappa shape index (κ1) is 25.8. The highest BCUT2D eigenvalue weighted by Gasteiger charge is 2.13. The van der Waals surface area contributed by atoms with Gasteiger partial charge in [-0.2, -0.15) is 0 Å². The van der Waals surface area contributed by atoms with Gasteiger partial charge in [-0.25, -0.2) is 0 Å². The Morgan fingerprint density at radius 3 is 2.20 bits per heavy atom. The van der Waals surface area contributed by atoms with Crippen molar-refractivity contribution in [1.29, 1.82) is 0 Å². The van der Waals surface area contributed by atoms with E-state index in [1.54, 1.807) is 0 Å². The highest BCUT2D eigenvalue weighted by atomic mass is 14.2. The molecule has 0 heteroatoms. The van der Waals surface area contributed by atoms with Crippen molar-refractivity contribution in [1.82, 2.24) is 0 Å². The van der Waals surface area contributed by atoms with Crippen LogP contribution in [0.3, 0.4) is 0 Å². The average molecular weight is 517 g/mol. The molecule has 0 radical (unpaired) electrons. The minimum absolute atomic E-state index is 0.898. The van der Waals surface area contributed by atoms with Gasteiger partial charge in [-0.3, -0.25) is 0 Å². The number of benzene rings is 2. The second-order valence-corrected chi connectivity index (χ2v) is 10.7. The lowest BCUT2D eigenvalue weighted by molar-refractivity contribution is 0.984. The average Bonchev–Trinajstić information content (AvgIpc) is 2.99. The van der Waals surface area contributed by atoms with Gasteiger partial charge in [0.1, 0.15) is 0 Å². The molecule has 0 aromatic heterocycles.